The standard InChI is InChI=1S/C11H7Cl2F3N4/c12-4-1-2-6(13)5(3-4)7-8(11(14,15)16)19-10(18)20-9(7)17/h1-3H,(H4,17,18,19,20). The molecular weight excluding hydrogens is 316 g/mol. The third-order valence-electron chi connectivity index (χ3n) is 2.42. The zero-order chi connectivity index (χ0) is 15.1. The lowest BCUT2D eigenvalue weighted by molar-refractivity contribution is -0.140. The minimum Gasteiger partial charge on any atom is -0.383 e. The van der Waals surface area contributed by atoms with Crippen LogP contribution in [-0.2, 0) is 6.18 Å². The predicted octanol–water partition coefficient (Wildman–Crippen LogP) is 3.63. The number of nitrogens with zero attached hydrogens (tertiary/aromatic N) is 2. The van der Waals surface area contributed by atoms with Crippen LogP contribution in [0.25, 0.3) is 11.1 Å². The van der Waals surface area contributed by atoms with E-state index in [4.69, 9.17) is 34.7 Å². The number of hydrogen-bond donors (Lipinski definition) is 2. The van der Waals surface area contributed by atoms with Gasteiger partial charge in [0.1, 0.15) is 5.82 Å². The lowest BCUT2D eigenvalue weighted by Gasteiger charge is -2.15. The van der Waals surface area contributed by atoms with Gasteiger partial charge in [-0.25, -0.2) is 4.98 Å². The lowest BCUT2D eigenvalue weighted by Crippen LogP contribution is -2.15. The summed E-state index contributed by atoms with van der Waals surface area (Å²) in [7, 11) is 0. The van der Waals surface area contributed by atoms with Crippen molar-refractivity contribution in [2.75, 3.05) is 11.5 Å². The zero-order valence-electron chi connectivity index (χ0n) is 9.67. The molecule has 4 N–H and O–H groups in total. The van der Waals surface area contributed by atoms with E-state index < -0.39 is 29.2 Å². The summed E-state index contributed by atoms with van der Waals surface area (Å²) in [6, 6.07) is 4.05. The Morgan fingerprint density at radius 1 is 1.05 bits per heavy atom. The summed E-state index contributed by atoms with van der Waals surface area (Å²) in [4.78, 5) is 6.75. The summed E-state index contributed by atoms with van der Waals surface area (Å²) in [5, 5.41) is 0.244. The molecule has 0 fully saturated rings. The summed E-state index contributed by atoms with van der Waals surface area (Å²) >= 11 is 11.7. The number of rotatable bonds is 1. The molecular formula is C11H7Cl2F3N4. The molecule has 1 aromatic heterocycles. The number of benzene rings is 1. The first-order chi connectivity index (χ1) is 9.20. The molecule has 0 saturated carbocycles. The maximum atomic E-state index is 13.0. The van der Waals surface area contributed by atoms with E-state index in [0.29, 0.717) is 0 Å². The van der Waals surface area contributed by atoms with Crippen LogP contribution in [0.1, 0.15) is 5.69 Å². The molecule has 2 rings (SSSR count). The Kier molecular flexibility index (Phi) is 3.66. The molecule has 106 valence electrons. The van der Waals surface area contributed by atoms with Crippen LogP contribution in [0.15, 0.2) is 18.2 Å². The summed E-state index contributed by atoms with van der Waals surface area (Å²) in [5.41, 5.74) is 9.03. The number of anilines is 2. The third-order valence-corrected chi connectivity index (χ3v) is 2.99. The summed E-state index contributed by atoms with van der Waals surface area (Å²) < 4.78 is 39.1. The fraction of sp³-hybridized carbons (Fsp3) is 0.0909. The molecule has 0 aliphatic rings. The number of nitrogens with two attached hydrogens (primary N) is 2. The van der Waals surface area contributed by atoms with Crippen molar-refractivity contribution in [3.63, 3.8) is 0 Å². The molecule has 1 aromatic carbocycles. The first-order valence-electron chi connectivity index (χ1n) is 5.15. The Morgan fingerprint density at radius 3 is 2.30 bits per heavy atom. The van der Waals surface area contributed by atoms with Crippen molar-refractivity contribution in [3.8, 4) is 11.1 Å². The highest BCUT2D eigenvalue weighted by Crippen LogP contribution is 2.41. The van der Waals surface area contributed by atoms with E-state index in [9.17, 15) is 13.2 Å². The summed E-state index contributed by atoms with van der Waals surface area (Å²) in [5.74, 6) is -0.995. The second kappa shape index (κ2) is 4.99. The van der Waals surface area contributed by atoms with E-state index >= 15 is 0 Å². The molecule has 0 aliphatic heterocycles. The predicted molar refractivity (Wildman–Crippen MR) is 71.3 cm³/mol. The van der Waals surface area contributed by atoms with Gasteiger partial charge >= 0.3 is 6.18 Å². The fourth-order valence-electron chi connectivity index (χ4n) is 1.66. The van der Waals surface area contributed by atoms with Crippen molar-refractivity contribution in [3.05, 3.63) is 33.9 Å². The summed E-state index contributed by atoms with van der Waals surface area (Å²) in [6.07, 6.45) is -4.76. The van der Waals surface area contributed by atoms with Crippen molar-refractivity contribution < 1.29 is 13.2 Å². The molecule has 0 radical (unpaired) electrons. The Labute approximate surface area is 121 Å². The van der Waals surface area contributed by atoms with Crippen LogP contribution in [0.3, 0.4) is 0 Å². The minimum atomic E-state index is -4.76. The number of alkyl halides is 3. The highest BCUT2D eigenvalue weighted by atomic mass is 35.5. The van der Waals surface area contributed by atoms with E-state index in [0.717, 1.165) is 0 Å². The maximum absolute atomic E-state index is 13.0. The molecule has 9 heteroatoms. The van der Waals surface area contributed by atoms with E-state index in [1.165, 1.54) is 18.2 Å². The van der Waals surface area contributed by atoms with Gasteiger partial charge in [-0.3, -0.25) is 0 Å². The molecule has 0 bridgehead atoms. The zero-order valence-corrected chi connectivity index (χ0v) is 11.2. The molecule has 0 amide bonds. The largest absolute Gasteiger partial charge is 0.434 e. The number of hydrogen-bond acceptors (Lipinski definition) is 4. The fourth-order valence-corrected chi connectivity index (χ4v) is 2.04. The van der Waals surface area contributed by atoms with Crippen molar-refractivity contribution in [1.82, 2.24) is 9.97 Å². The van der Waals surface area contributed by atoms with Gasteiger partial charge in [0.05, 0.1) is 5.56 Å². The van der Waals surface area contributed by atoms with Crippen LogP contribution < -0.4 is 11.5 Å². The van der Waals surface area contributed by atoms with Crippen LogP contribution in [0.2, 0.25) is 10.0 Å². The van der Waals surface area contributed by atoms with E-state index in [2.05, 4.69) is 9.97 Å². The van der Waals surface area contributed by atoms with Gasteiger partial charge in [0, 0.05) is 15.6 Å². The monoisotopic (exact) mass is 322 g/mol. The first-order valence-corrected chi connectivity index (χ1v) is 5.91. The first kappa shape index (κ1) is 14.7. The van der Waals surface area contributed by atoms with Crippen LogP contribution in [0, 0.1) is 0 Å². The Morgan fingerprint density at radius 2 is 1.70 bits per heavy atom. The molecule has 4 nitrogen and oxygen atoms in total. The van der Waals surface area contributed by atoms with Crippen molar-refractivity contribution in [2.24, 2.45) is 0 Å². The second-order valence-corrected chi connectivity index (χ2v) is 4.66. The van der Waals surface area contributed by atoms with Gasteiger partial charge in [0.15, 0.2) is 5.69 Å². The van der Waals surface area contributed by atoms with Crippen molar-refractivity contribution in [2.45, 2.75) is 6.18 Å². The molecule has 20 heavy (non-hydrogen) atoms. The van der Waals surface area contributed by atoms with Crippen LogP contribution >= 0.6 is 23.2 Å². The normalized spacial score (nSPS) is 11.7. The number of aromatic nitrogens is 2. The van der Waals surface area contributed by atoms with Gasteiger partial charge in [-0.2, -0.15) is 18.2 Å². The molecule has 0 spiro atoms. The molecule has 0 unspecified atom stereocenters. The third kappa shape index (κ3) is 2.73. The minimum absolute atomic E-state index is 0.0102. The highest BCUT2D eigenvalue weighted by molar-refractivity contribution is 6.35. The Hall–Kier alpha value is -1.73. The molecule has 0 atom stereocenters. The average molecular weight is 323 g/mol. The van der Waals surface area contributed by atoms with Crippen molar-refractivity contribution >= 4 is 35.0 Å². The quantitative estimate of drug-likeness (QED) is 0.840. The van der Waals surface area contributed by atoms with E-state index in [-0.39, 0.29) is 15.6 Å². The molecule has 0 saturated heterocycles. The van der Waals surface area contributed by atoms with Crippen LogP contribution in [0.4, 0.5) is 24.9 Å². The van der Waals surface area contributed by atoms with Crippen molar-refractivity contribution in [1.29, 1.82) is 0 Å². The number of halogens is 5. The Bertz CT molecular complexity index is 673. The van der Waals surface area contributed by atoms with E-state index in [1.807, 2.05) is 0 Å². The van der Waals surface area contributed by atoms with Gasteiger partial charge in [-0.15, -0.1) is 0 Å². The number of nitrogen functional groups attached to an aromatic ring is 2. The topological polar surface area (TPSA) is 77.8 Å². The van der Waals surface area contributed by atoms with Gasteiger partial charge in [-0.1, -0.05) is 23.2 Å². The van der Waals surface area contributed by atoms with Gasteiger partial charge in [0.25, 0.3) is 0 Å². The van der Waals surface area contributed by atoms with Gasteiger partial charge in [-0.05, 0) is 18.2 Å². The van der Waals surface area contributed by atoms with Gasteiger partial charge < -0.3 is 11.5 Å². The Balaban J connectivity index is 2.83. The smallest absolute Gasteiger partial charge is 0.383 e. The summed E-state index contributed by atoms with van der Waals surface area (Å²) in [6.45, 7) is 0. The van der Waals surface area contributed by atoms with Crippen LogP contribution in [0.5, 0.6) is 0 Å². The lowest BCUT2D eigenvalue weighted by atomic mass is 10.0. The SMILES string of the molecule is Nc1nc(N)c(-c2cc(Cl)ccc2Cl)c(C(F)(F)F)n1. The second-order valence-electron chi connectivity index (χ2n) is 3.81. The highest BCUT2D eigenvalue weighted by Gasteiger charge is 2.38. The van der Waals surface area contributed by atoms with E-state index in [1.54, 1.807) is 0 Å². The maximum Gasteiger partial charge on any atom is 0.434 e. The van der Waals surface area contributed by atoms with Crippen LogP contribution in [-0.4, -0.2) is 9.97 Å². The molecule has 2 aromatic rings. The molecule has 1 heterocycles. The average Bonchev–Trinajstić information content (AvgIpc) is 2.31. The molecule has 0 aliphatic carbocycles. The van der Waals surface area contributed by atoms with Gasteiger partial charge in [0.2, 0.25) is 5.95 Å².